The Bertz CT molecular complexity index is 1140. The van der Waals surface area contributed by atoms with E-state index in [4.69, 9.17) is 14.3 Å². The minimum Gasteiger partial charge on any atom is -0.495 e. The molecule has 6 nitrogen and oxygen atoms in total. The molecule has 0 amide bonds. The Morgan fingerprint density at radius 2 is 2.00 bits per heavy atom. The molecule has 0 saturated carbocycles. The molecule has 1 atom stereocenters. The third-order valence-corrected chi connectivity index (χ3v) is 5.63. The lowest BCUT2D eigenvalue weighted by atomic mass is 10.0. The largest absolute Gasteiger partial charge is 0.495 e. The maximum absolute atomic E-state index is 13.4. The predicted molar refractivity (Wildman–Crippen MR) is 128 cm³/mol. The number of benzene rings is 2. The van der Waals surface area contributed by atoms with Gasteiger partial charge in [0, 0.05) is 24.9 Å². The normalized spacial score (nSPS) is 20.3. The smallest absolute Gasteiger partial charge is 0.234 e. The molecule has 7 heteroatoms. The van der Waals surface area contributed by atoms with Gasteiger partial charge in [-0.05, 0) is 49.8 Å². The monoisotopic (exact) mass is 449 g/mol. The van der Waals surface area contributed by atoms with Crippen molar-refractivity contribution in [1.29, 1.82) is 0 Å². The molecular weight excluding hydrogens is 421 g/mol. The molecule has 0 spiro atoms. The summed E-state index contributed by atoms with van der Waals surface area (Å²) < 4.78 is 25.0. The first kappa shape index (κ1) is 22.5. The highest BCUT2D eigenvalue weighted by atomic mass is 19.1. The summed E-state index contributed by atoms with van der Waals surface area (Å²) >= 11 is 0. The summed E-state index contributed by atoms with van der Waals surface area (Å²) in [4.78, 5) is 9.81. The number of allylic oxidation sites excluding steroid dienone is 1. The van der Waals surface area contributed by atoms with Gasteiger partial charge in [-0.3, -0.25) is 0 Å². The number of methoxy groups -OCH3 is 1. The van der Waals surface area contributed by atoms with Crippen LogP contribution in [0.3, 0.4) is 0 Å². The minimum atomic E-state index is -0.831. The number of hydrogen-bond donors (Lipinski definition) is 0. The van der Waals surface area contributed by atoms with E-state index in [1.54, 1.807) is 25.4 Å². The number of halogens is 1. The van der Waals surface area contributed by atoms with Crippen LogP contribution in [0.25, 0.3) is 6.08 Å². The van der Waals surface area contributed by atoms with Crippen molar-refractivity contribution in [3.05, 3.63) is 89.7 Å². The second-order valence-electron chi connectivity index (χ2n) is 8.23. The van der Waals surface area contributed by atoms with E-state index in [2.05, 4.69) is 11.7 Å². The van der Waals surface area contributed by atoms with Crippen LogP contribution < -0.4 is 9.64 Å². The van der Waals surface area contributed by atoms with Crippen molar-refractivity contribution in [2.75, 3.05) is 25.2 Å². The van der Waals surface area contributed by atoms with Crippen LogP contribution in [-0.2, 0) is 15.3 Å². The van der Waals surface area contributed by atoms with Gasteiger partial charge in [0.15, 0.2) is 5.76 Å². The SMILES string of the molecule is C=CN(C=C(C)C)c1ccc(/C=C2/OCCN3C2=NOC3(C)c2ccc(F)cc2)cc1OC. The Morgan fingerprint density at radius 1 is 1.24 bits per heavy atom. The highest BCUT2D eigenvalue weighted by Gasteiger charge is 2.46. The third kappa shape index (κ3) is 4.31. The molecule has 33 heavy (non-hydrogen) atoms. The van der Waals surface area contributed by atoms with Gasteiger partial charge in [0.25, 0.3) is 0 Å². The van der Waals surface area contributed by atoms with Gasteiger partial charge in [0.05, 0.1) is 19.3 Å². The standard InChI is InChI=1S/C26H28FN3O3/c1-6-29(17-18(2)3)22-12-7-19(15-23(22)31-5)16-24-25-28-33-26(4,30(25)13-14-32-24)20-8-10-21(27)11-9-20/h6-12,15-17H,1,13-14H2,2-5H3/b24-16+. The van der Waals surface area contributed by atoms with Gasteiger partial charge in [0.2, 0.25) is 11.6 Å². The van der Waals surface area contributed by atoms with E-state index in [0.717, 1.165) is 22.4 Å². The van der Waals surface area contributed by atoms with E-state index in [1.807, 2.05) is 61.0 Å². The van der Waals surface area contributed by atoms with Crippen LogP contribution in [0.15, 0.2) is 77.9 Å². The van der Waals surface area contributed by atoms with E-state index in [-0.39, 0.29) is 5.82 Å². The molecule has 4 rings (SSSR count). The fourth-order valence-corrected chi connectivity index (χ4v) is 3.96. The topological polar surface area (TPSA) is 46.5 Å². The molecule has 1 saturated heterocycles. The molecule has 2 heterocycles. The Balaban J connectivity index is 1.64. The van der Waals surface area contributed by atoms with Crippen molar-refractivity contribution < 1.29 is 18.7 Å². The number of morpholine rings is 1. The second kappa shape index (κ2) is 9.02. The van der Waals surface area contributed by atoms with Crippen LogP contribution >= 0.6 is 0 Å². The van der Waals surface area contributed by atoms with Crippen molar-refractivity contribution in [3.8, 4) is 5.75 Å². The van der Waals surface area contributed by atoms with Crippen LogP contribution in [0, 0.1) is 5.82 Å². The molecule has 2 aromatic rings. The number of ether oxygens (including phenoxy) is 2. The van der Waals surface area contributed by atoms with Gasteiger partial charge in [-0.1, -0.05) is 35.5 Å². The summed E-state index contributed by atoms with van der Waals surface area (Å²) in [5.41, 5.74) is 2.91. The number of anilines is 1. The molecule has 2 aromatic carbocycles. The van der Waals surface area contributed by atoms with E-state index in [1.165, 1.54) is 12.1 Å². The number of fused-ring (bicyclic) bond motifs is 1. The Labute approximate surface area is 193 Å². The van der Waals surface area contributed by atoms with Crippen LogP contribution in [0.2, 0.25) is 0 Å². The van der Waals surface area contributed by atoms with Gasteiger partial charge in [-0.25, -0.2) is 4.39 Å². The van der Waals surface area contributed by atoms with Gasteiger partial charge in [0.1, 0.15) is 18.2 Å². The van der Waals surface area contributed by atoms with Crippen LogP contribution in [0.4, 0.5) is 10.1 Å². The van der Waals surface area contributed by atoms with Gasteiger partial charge < -0.3 is 24.1 Å². The summed E-state index contributed by atoms with van der Waals surface area (Å²) in [5, 5.41) is 4.32. The number of nitrogens with zero attached hydrogens (tertiary/aromatic N) is 3. The van der Waals surface area contributed by atoms with Gasteiger partial charge >= 0.3 is 0 Å². The molecule has 2 aliphatic heterocycles. The average molecular weight is 450 g/mol. The predicted octanol–water partition coefficient (Wildman–Crippen LogP) is 5.60. The summed E-state index contributed by atoms with van der Waals surface area (Å²) in [6, 6.07) is 12.2. The number of oxime groups is 1. The third-order valence-electron chi connectivity index (χ3n) is 5.63. The number of rotatable bonds is 6. The second-order valence-corrected chi connectivity index (χ2v) is 8.23. The first-order valence-electron chi connectivity index (χ1n) is 10.7. The van der Waals surface area contributed by atoms with Crippen molar-refractivity contribution in [3.63, 3.8) is 0 Å². The van der Waals surface area contributed by atoms with Crippen LogP contribution in [0.5, 0.6) is 5.75 Å². The van der Waals surface area contributed by atoms with E-state index in [9.17, 15) is 4.39 Å². The molecular formula is C26H28FN3O3. The zero-order chi connectivity index (χ0) is 23.6. The molecule has 0 aliphatic carbocycles. The van der Waals surface area contributed by atoms with E-state index >= 15 is 0 Å². The molecule has 1 unspecified atom stereocenters. The maximum atomic E-state index is 13.4. The number of hydrogen-bond acceptors (Lipinski definition) is 6. The van der Waals surface area contributed by atoms with Gasteiger partial charge in [-0.15, -0.1) is 0 Å². The quantitative estimate of drug-likeness (QED) is 0.575. The zero-order valence-electron chi connectivity index (χ0n) is 19.3. The van der Waals surface area contributed by atoms with Crippen molar-refractivity contribution in [2.45, 2.75) is 26.5 Å². The fraction of sp³-hybridized carbons (Fsp3) is 0.269. The molecule has 0 aromatic heterocycles. The molecule has 0 bridgehead atoms. The lowest BCUT2D eigenvalue weighted by Gasteiger charge is -2.37. The summed E-state index contributed by atoms with van der Waals surface area (Å²) in [5.74, 6) is 1.62. The minimum absolute atomic E-state index is 0.291. The summed E-state index contributed by atoms with van der Waals surface area (Å²) in [6.07, 6.45) is 5.65. The average Bonchev–Trinajstić information content (AvgIpc) is 3.16. The Kier molecular flexibility index (Phi) is 6.14. The lowest BCUT2D eigenvalue weighted by Crippen LogP contribution is -2.48. The summed E-state index contributed by atoms with van der Waals surface area (Å²) in [7, 11) is 1.64. The van der Waals surface area contributed by atoms with Crippen molar-refractivity contribution >= 4 is 17.6 Å². The lowest BCUT2D eigenvalue weighted by molar-refractivity contribution is -0.0968. The first-order valence-corrected chi connectivity index (χ1v) is 10.7. The molecule has 0 N–H and O–H groups in total. The Morgan fingerprint density at radius 3 is 2.67 bits per heavy atom. The number of amidine groups is 1. The zero-order valence-corrected chi connectivity index (χ0v) is 19.3. The van der Waals surface area contributed by atoms with E-state index < -0.39 is 5.72 Å². The van der Waals surface area contributed by atoms with Crippen LogP contribution in [-0.4, -0.2) is 31.0 Å². The van der Waals surface area contributed by atoms with Gasteiger partial charge in [-0.2, -0.15) is 0 Å². The molecule has 2 aliphatic rings. The Hall–Kier alpha value is -3.74. The molecule has 1 fully saturated rings. The maximum Gasteiger partial charge on any atom is 0.234 e. The first-order chi connectivity index (χ1) is 15.9. The van der Waals surface area contributed by atoms with Crippen molar-refractivity contribution in [2.24, 2.45) is 5.16 Å². The summed E-state index contributed by atoms with van der Waals surface area (Å²) in [6.45, 7) is 11.0. The van der Waals surface area contributed by atoms with Crippen molar-refractivity contribution in [1.82, 2.24) is 4.90 Å². The molecule has 0 radical (unpaired) electrons. The van der Waals surface area contributed by atoms with Crippen LogP contribution in [0.1, 0.15) is 31.9 Å². The highest BCUT2D eigenvalue weighted by Crippen LogP contribution is 2.39. The fourth-order valence-electron chi connectivity index (χ4n) is 3.96. The highest BCUT2D eigenvalue weighted by molar-refractivity contribution is 6.01. The molecule has 172 valence electrons. The van der Waals surface area contributed by atoms with E-state index in [0.29, 0.717) is 30.5 Å².